The Morgan fingerprint density at radius 2 is 1.05 bits per heavy atom. The van der Waals surface area contributed by atoms with Crippen molar-refractivity contribution >= 4 is 17.9 Å². The van der Waals surface area contributed by atoms with Crippen molar-refractivity contribution in [2.45, 2.75) is 51.4 Å². The fraction of sp³-hybridized carbons (Fsp3) is 0.400. The van der Waals surface area contributed by atoms with Gasteiger partial charge in [-0.05, 0) is 86.0 Å². The van der Waals surface area contributed by atoms with Crippen molar-refractivity contribution in [3.8, 4) is 0 Å². The summed E-state index contributed by atoms with van der Waals surface area (Å²) in [5, 5.41) is 6.91. The van der Waals surface area contributed by atoms with Crippen LogP contribution in [-0.2, 0) is 4.79 Å². The molecule has 3 nitrogen and oxygen atoms in total. The molecule has 0 amide bonds. The highest BCUT2D eigenvalue weighted by atomic mass is 16.1. The Kier molecular flexibility index (Phi) is 10.9. The van der Waals surface area contributed by atoms with Crippen LogP contribution in [0, 0.1) is 11.8 Å². The zero-order valence-corrected chi connectivity index (χ0v) is 23.1. The van der Waals surface area contributed by atoms with Crippen molar-refractivity contribution in [1.29, 1.82) is 0 Å². The molecule has 2 unspecified atom stereocenters. The maximum atomic E-state index is 12.9. The monoisotopic (exact) mass is 508 g/mol. The molecule has 0 radical (unpaired) electrons. The summed E-state index contributed by atoms with van der Waals surface area (Å²) in [5.74, 6) is 1.25. The van der Waals surface area contributed by atoms with Gasteiger partial charge in [0.1, 0.15) is 5.78 Å². The fourth-order valence-electron chi connectivity index (χ4n) is 5.72. The Bertz CT molecular complexity index is 1060. The van der Waals surface area contributed by atoms with Gasteiger partial charge in [0.15, 0.2) is 0 Å². The summed E-state index contributed by atoms with van der Waals surface area (Å²) in [4.78, 5) is 12.9. The minimum absolute atomic E-state index is 0.122. The van der Waals surface area contributed by atoms with Crippen LogP contribution in [-0.4, -0.2) is 32.0 Å². The van der Waals surface area contributed by atoms with Crippen LogP contribution in [0.15, 0.2) is 85.0 Å². The van der Waals surface area contributed by atoms with E-state index >= 15 is 0 Å². The van der Waals surface area contributed by atoms with Crippen LogP contribution < -0.4 is 10.6 Å². The van der Waals surface area contributed by atoms with E-state index in [9.17, 15) is 4.79 Å². The van der Waals surface area contributed by atoms with Crippen LogP contribution in [0.1, 0.15) is 73.6 Å². The molecule has 2 aromatic carbocycles. The lowest BCUT2D eigenvalue weighted by Crippen LogP contribution is -2.26. The van der Waals surface area contributed by atoms with Crippen molar-refractivity contribution in [3.05, 3.63) is 107 Å². The van der Waals surface area contributed by atoms with Crippen molar-refractivity contribution in [1.82, 2.24) is 10.6 Å². The molecule has 38 heavy (non-hydrogen) atoms. The number of nitrogens with one attached hydrogen (secondary N) is 2. The first-order chi connectivity index (χ1) is 18.6. The van der Waals surface area contributed by atoms with Gasteiger partial charge in [-0.1, -0.05) is 111 Å². The molecule has 2 aliphatic rings. The van der Waals surface area contributed by atoms with Gasteiger partial charge in [-0.15, -0.1) is 0 Å². The smallest absolute Gasteiger partial charge is 0.145 e. The highest BCUT2D eigenvalue weighted by Gasteiger charge is 2.18. The van der Waals surface area contributed by atoms with E-state index in [0.29, 0.717) is 11.8 Å². The second-order valence-electron chi connectivity index (χ2n) is 10.8. The molecule has 2 N–H and O–H groups in total. The van der Waals surface area contributed by atoms with E-state index in [-0.39, 0.29) is 17.6 Å². The molecule has 2 atom stereocenters. The van der Waals surface area contributed by atoms with E-state index in [2.05, 4.69) is 83.5 Å². The minimum Gasteiger partial charge on any atom is -0.317 e. The van der Waals surface area contributed by atoms with Gasteiger partial charge in [0, 0.05) is 11.8 Å². The highest BCUT2D eigenvalue weighted by molar-refractivity contribution is 5.86. The maximum absolute atomic E-state index is 12.9. The molecular weight excluding hydrogens is 464 g/mol. The number of hydrogen-bond acceptors (Lipinski definition) is 3. The Balaban J connectivity index is 1.30. The molecule has 200 valence electrons. The number of Topliss-reactive ketones (excluding diaryl/α,β-unsaturated/α-hetero) is 1. The van der Waals surface area contributed by atoms with Gasteiger partial charge >= 0.3 is 0 Å². The number of benzene rings is 2. The number of carbonyl (C=O) groups excluding carboxylic acids is 1. The topological polar surface area (TPSA) is 41.1 Å². The number of carbonyl (C=O) groups is 1. The van der Waals surface area contributed by atoms with Crippen molar-refractivity contribution < 1.29 is 4.79 Å². The van der Waals surface area contributed by atoms with Gasteiger partial charge in [-0.25, -0.2) is 0 Å². The van der Waals surface area contributed by atoms with Crippen LogP contribution in [0.4, 0.5) is 0 Å². The third kappa shape index (κ3) is 7.99. The quantitative estimate of drug-likeness (QED) is 0.331. The summed E-state index contributed by atoms with van der Waals surface area (Å²) in [6, 6.07) is 17.4. The van der Waals surface area contributed by atoms with Crippen molar-refractivity contribution in [2.24, 2.45) is 11.8 Å². The summed E-state index contributed by atoms with van der Waals surface area (Å²) >= 11 is 0. The minimum atomic E-state index is -0.122. The van der Waals surface area contributed by atoms with E-state index in [1.807, 2.05) is 38.2 Å². The van der Waals surface area contributed by atoms with Gasteiger partial charge in [0.05, 0.1) is 0 Å². The van der Waals surface area contributed by atoms with Crippen LogP contribution in [0.25, 0.3) is 12.2 Å². The largest absolute Gasteiger partial charge is 0.317 e. The summed E-state index contributed by atoms with van der Waals surface area (Å²) in [6.45, 7) is 8.36. The molecule has 0 saturated carbocycles. The first-order valence-corrected chi connectivity index (χ1v) is 14.5. The molecule has 2 heterocycles. The molecule has 3 heteroatoms. The molecule has 2 aromatic rings. The summed E-state index contributed by atoms with van der Waals surface area (Å²) in [5.41, 5.74) is 5.45. The van der Waals surface area contributed by atoms with Crippen LogP contribution in [0.5, 0.6) is 0 Å². The van der Waals surface area contributed by atoms with E-state index < -0.39 is 0 Å². The second-order valence-corrected chi connectivity index (χ2v) is 10.8. The summed E-state index contributed by atoms with van der Waals surface area (Å²) in [6.07, 6.45) is 21.4. The zero-order chi connectivity index (χ0) is 26.6. The Hall–Kier alpha value is -3.01. The van der Waals surface area contributed by atoms with Gasteiger partial charge in [0.2, 0.25) is 0 Å². The average molecular weight is 509 g/mol. The molecule has 4 rings (SSSR count). The lowest BCUT2D eigenvalue weighted by molar-refractivity contribution is -0.123. The number of rotatable bonds is 10. The molecule has 0 aliphatic carbocycles. The number of ketones is 1. The lowest BCUT2D eigenvalue weighted by atomic mass is 9.87. The SMILES string of the molecule is CC(C=CC=Cc1ccccc1C1CCNCC1)C(=O)C(C)C=CC=Cc1ccccc1C1CCNCC1. The van der Waals surface area contributed by atoms with Gasteiger partial charge in [-0.3, -0.25) is 4.79 Å². The lowest BCUT2D eigenvalue weighted by Gasteiger charge is -2.24. The van der Waals surface area contributed by atoms with E-state index in [0.717, 1.165) is 26.2 Å². The fourth-order valence-corrected chi connectivity index (χ4v) is 5.72. The van der Waals surface area contributed by atoms with Crippen molar-refractivity contribution in [2.75, 3.05) is 26.2 Å². The molecule has 0 aromatic heterocycles. The third-order valence-corrected chi connectivity index (χ3v) is 8.02. The zero-order valence-electron chi connectivity index (χ0n) is 23.1. The number of hydrogen-bond donors (Lipinski definition) is 2. The maximum Gasteiger partial charge on any atom is 0.145 e. The molecule has 0 spiro atoms. The Morgan fingerprint density at radius 3 is 1.47 bits per heavy atom. The van der Waals surface area contributed by atoms with Crippen LogP contribution >= 0.6 is 0 Å². The molecule has 2 fully saturated rings. The van der Waals surface area contributed by atoms with Gasteiger partial charge < -0.3 is 10.6 Å². The number of allylic oxidation sites excluding steroid dienone is 6. The van der Waals surface area contributed by atoms with Gasteiger partial charge in [0.25, 0.3) is 0 Å². The van der Waals surface area contributed by atoms with E-state index in [1.54, 1.807) is 0 Å². The molecule has 2 aliphatic heterocycles. The summed E-state index contributed by atoms with van der Waals surface area (Å²) in [7, 11) is 0. The number of piperidine rings is 2. The summed E-state index contributed by atoms with van der Waals surface area (Å²) < 4.78 is 0. The Labute approximate surface area is 229 Å². The van der Waals surface area contributed by atoms with E-state index in [4.69, 9.17) is 0 Å². The van der Waals surface area contributed by atoms with Crippen molar-refractivity contribution in [3.63, 3.8) is 0 Å². The predicted octanol–water partition coefficient (Wildman–Crippen LogP) is 7.30. The normalized spacial score (nSPS) is 19.6. The first-order valence-electron chi connectivity index (χ1n) is 14.5. The molecular formula is C35H44N2O. The van der Waals surface area contributed by atoms with Gasteiger partial charge in [-0.2, -0.15) is 0 Å². The first kappa shape index (κ1) is 28.0. The highest BCUT2D eigenvalue weighted by Crippen LogP contribution is 2.30. The standard InChI is InChI=1S/C35H44N2O/c1-27(11-3-5-13-29-15-7-9-17-33(29)31-19-23-36-24-20-31)35(38)28(2)12-4-6-14-30-16-8-10-18-34(30)32-21-25-37-26-22-32/h3-18,27-28,31-32,36-37H,19-26H2,1-2H3. The molecule has 2 saturated heterocycles. The third-order valence-electron chi connectivity index (χ3n) is 8.02. The average Bonchev–Trinajstić information content (AvgIpc) is 2.98. The second kappa shape index (κ2) is 14.8. The van der Waals surface area contributed by atoms with Crippen LogP contribution in [0.3, 0.4) is 0 Å². The molecule has 0 bridgehead atoms. The Morgan fingerprint density at radius 1 is 0.658 bits per heavy atom. The predicted molar refractivity (Wildman–Crippen MR) is 162 cm³/mol. The van der Waals surface area contributed by atoms with E-state index in [1.165, 1.54) is 47.9 Å². The van der Waals surface area contributed by atoms with Crippen LogP contribution in [0.2, 0.25) is 0 Å².